The number of aldehydes is 1. The molecule has 178 valence electrons. The number of esters is 1. The molecule has 0 heterocycles. The molecule has 8 atom stereocenters. The highest BCUT2D eigenvalue weighted by Crippen LogP contribution is 2.73. The van der Waals surface area contributed by atoms with E-state index in [-0.39, 0.29) is 34.6 Å². The molecule has 4 nitrogen and oxygen atoms in total. The van der Waals surface area contributed by atoms with Gasteiger partial charge in [-0.1, -0.05) is 47.1 Å². The Labute approximate surface area is 193 Å². The van der Waals surface area contributed by atoms with Gasteiger partial charge in [0.1, 0.15) is 12.4 Å². The van der Waals surface area contributed by atoms with Crippen LogP contribution in [-0.2, 0) is 19.1 Å². The molecule has 0 aliphatic heterocycles. The normalized spacial score (nSPS) is 47.2. The first-order valence-electron chi connectivity index (χ1n) is 12.7. The molecule has 0 aromatic carbocycles. The van der Waals surface area contributed by atoms with Crippen molar-refractivity contribution < 1.29 is 19.1 Å². The van der Waals surface area contributed by atoms with Crippen LogP contribution in [0.3, 0.4) is 0 Å². The van der Waals surface area contributed by atoms with Gasteiger partial charge in [-0.15, -0.1) is 0 Å². The van der Waals surface area contributed by atoms with E-state index >= 15 is 0 Å². The van der Waals surface area contributed by atoms with Gasteiger partial charge in [0, 0.05) is 17.9 Å². The average molecular weight is 443 g/mol. The molecule has 0 spiro atoms. The fourth-order valence-electron chi connectivity index (χ4n) is 9.65. The summed E-state index contributed by atoms with van der Waals surface area (Å²) >= 11 is 0. The summed E-state index contributed by atoms with van der Waals surface area (Å²) in [6.07, 6.45) is 10.3. The summed E-state index contributed by atoms with van der Waals surface area (Å²) in [4.78, 5) is 37.2. The Kier molecular flexibility index (Phi) is 5.58. The van der Waals surface area contributed by atoms with Crippen LogP contribution in [0.4, 0.5) is 0 Å². The lowest BCUT2D eigenvalue weighted by molar-refractivity contribution is -0.238. The third-order valence-electron chi connectivity index (χ3n) is 11.0. The van der Waals surface area contributed by atoms with Gasteiger partial charge in [0.15, 0.2) is 5.78 Å². The largest absolute Gasteiger partial charge is 0.462 e. The van der Waals surface area contributed by atoms with E-state index in [1.54, 1.807) is 6.92 Å². The minimum Gasteiger partial charge on any atom is -0.462 e. The number of fused-ring (bicyclic) bond motifs is 5. The lowest BCUT2D eigenvalue weighted by Crippen LogP contribution is -2.67. The van der Waals surface area contributed by atoms with Gasteiger partial charge < -0.3 is 9.53 Å². The van der Waals surface area contributed by atoms with Gasteiger partial charge >= 0.3 is 5.97 Å². The molecule has 0 unspecified atom stereocenters. The van der Waals surface area contributed by atoms with Crippen molar-refractivity contribution in [2.24, 2.45) is 45.3 Å². The lowest BCUT2D eigenvalue weighted by Gasteiger charge is -2.70. The van der Waals surface area contributed by atoms with Crippen LogP contribution in [0.15, 0.2) is 11.6 Å². The monoisotopic (exact) mass is 442 g/mol. The van der Waals surface area contributed by atoms with Crippen LogP contribution in [0.1, 0.15) is 93.4 Å². The van der Waals surface area contributed by atoms with Crippen molar-refractivity contribution in [3.05, 3.63) is 11.6 Å². The second-order valence-electron chi connectivity index (χ2n) is 12.8. The maximum atomic E-state index is 12.5. The molecule has 0 N–H and O–H groups in total. The quantitative estimate of drug-likeness (QED) is 0.402. The molecule has 0 aromatic heterocycles. The fourth-order valence-corrected chi connectivity index (χ4v) is 9.65. The summed E-state index contributed by atoms with van der Waals surface area (Å²) in [6, 6.07) is 0. The van der Waals surface area contributed by atoms with Crippen molar-refractivity contribution in [3.63, 3.8) is 0 Å². The molecule has 0 amide bonds. The van der Waals surface area contributed by atoms with E-state index in [9.17, 15) is 14.4 Å². The van der Waals surface area contributed by atoms with Gasteiger partial charge in [-0.3, -0.25) is 9.59 Å². The van der Waals surface area contributed by atoms with Crippen molar-refractivity contribution in [3.8, 4) is 0 Å². The number of carbonyl (C=O) groups excluding carboxylic acids is 3. The number of Topliss-reactive ketones (excluding diaryl/α,β-unsaturated/α-hetero) is 1. The smallest absolute Gasteiger partial charge is 0.302 e. The Balaban J connectivity index is 1.86. The first-order valence-corrected chi connectivity index (χ1v) is 12.7. The van der Waals surface area contributed by atoms with Crippen LogP contribution in [0.25, 0.3) is 0 Å². The third-order valence-corrected chi connectivity index (χ3v) is 11.0. The molecule has 4 rings (SSSR count). The van der Waals surface area contributed by atoms with Crippen molar-refractivity contribution >= 4 is 18.0 Å². The number of hydrogen-bond donors (Lipinski definition) is 0. The van der Waals surface area contributed by atoms with Crippen molar-refractivity contribution in [1.29, 1.82) is 0 Å². The molecule has 3 saturated carbocycles. The molecule has 0 aromatic rings. The number of rotatable bonds is 3. The summed E-state index contributed by atoms with van der Waals surface area (Å²) in [6.45, 7) is 15.0. The number of carbonyl (C=O) groups is 3. The predicted octanol–water partition coefficient (Wildman–Crippen LogP) is 5.93. The molecule has 4 aliphatic rings. The summed E-state index contributed by atoms with van der Waals surface area (Å²) in [5, 5.41) is 0. The molecular weight excluding hydrogens is 400 g/mol. The minimum absolute atomic E-state index is 0.0414. The lowest BCUT2D eigenvalue weighted by atomic mass is 9.34. The van der Waals surface area contributed by atoms with Crippen molar-refractivity contribution in [2.75, 3.05) is 0 Å². The first kappa shape index (κ1) is 23.7. The van der Waals surface area contributed by atoms with Crippen molar-refractivity contribution in [1.82, 2.24) is 0 Å². The van der Waals surface area contributed by atoms with Crippen LogP contribution < -0.4 is 0 Å². The van der Waals surface area contributed by atoms with E-state index in [2.05, 4.69) is 34.6 Å². The molecule has 0 saturated heterocycles. The second-order valence-corrected chi connectivity index (χ2v) is 12.8. The third kappa shape index (κ3) is 3.10. The van der Waals surface area contributed by atoms with Crippen LogP contribution in [0, 0.1) is 45.3 Å². The summed E-state index contributed by atoms with van der Waals surface area (Å²) in [5.74, 6) is 0.464. The molecule has 0 bridgehead atoms. The van der Waals surface area contributed by atoms with E-state index in [0.717, 1.165) is 25.5 Å². The zero-order valence-electron chi connectivity index (χ0n) is 21.1. The zero-order valence-corrected chi connectivity index (χ0v) is 21.1. The maximum Gasteiger partial charge on any atom is 0.302 e. The van der Waals surface area contributed by atoms with Crippen molar-refractivity contribution in [2.45, 2.75) is 99.5 Å². The second kappa shape index (κ2) is 7.53. The zero-order chi connectivity index (χ0) is 23.7. The van der Waals surface area contributed by atoms with Gasteiger partial charge in [-0.05, 0) is 79.4 Å². The highest BCUT2D eigenvalue weighted by Gasteiger charge is 2.69. The molecule has 0 radical (unpaired) electrons. The Hall–Kier alpha value is -1.45. The molecular formula is C28H42O4. The SMILES string of the molecule is CC(=O)O[C@H]1C[C@@H]2[C@@]3(C)CCCC(C)(C)[C@@H]3CC[C@@]2(C)[C@@H]2CC=C(C(C)=O)[C@H](C=O)[C@@]12C. The average Bonchev–Trinajstić information content (AvgIpc) is 2.67. The summed E-state index contributed by atoms with van der Waals surface area (Å²) < 4.78 is 6.06. The Bertz CT molecular complexity index is 855. The summed E-state index contributed by atoms with van der Waals surface area (Å²) in [5.41, 5.74) is 0.643. The van der Waals surface area contributed by atoms with Gasteiger partial charge in [0.05, 0.1) is 5.92 Å². The highest BCUT2D eigenvalue weighted by atomic mass is 16.5. The molecule has 32 heavy (non-hydrogen) atoms. The first-order chi connectivity index (χ1) is 14.8. The maximum absolute atomic E-state index is 12.5. The van der Waals surface area contributed by atoms with E-state index in [1.165, 1.54) is 32.6 Å². The topological polar surface area (TPSA) is 60.4 Å². The molecule has 3 fully saturated rings. The fraction of sp³-hybridized carbons (Fsp3) is 0.821. The van der Waals surface area contributed by atoms with Gasteiger partial charge in [-0.2, -0.15) is 0 Å². The van der Waals surface area contributed by atoms with Gasteiger partial charge in [-0.25, -0.2) is 0 Å². The Morgan fingerprint density at radius 3 is 2.22 bits per heavy atom. The Morgan fingerprint density at radius 2 is 1.62 bits per heavy atom. The van der Waals surface area contributed by atoms with Crippen LogP contribution in [0.5, 0.6) is 0 Å². The van der Waals surface area contributed by atoms with Gasteiger partial charge in [0.2, 0.25) is 0 Å². The minimum atomic E-state index is -0.554. The standard InChI is InChI=1S/C28H42O4/c1-17(30)19-9-10-22-27(6)14-11-21-25(3,4)12-8-13-26(21,5)23(27)15-24(32-18(2)31)28(22,7)20(19)16-29/h9,16,20-24H,8,10-15H2,1-7H3/t20-,21-,22-,23+,24-,26-,27-,28+/m0/s1. The van der Waals surface area contributed by atoms with Crippen LogP contribution in [-0.4, -0.2) is 24.1 Å². The number of ketones is 1. The summed E-state index contributed by atoms with van der Waals surface area (Å²) in [7, 11) is 0. The van der Waals surface area contributed by atoms with E-state index in [0.29, 0.717) is 22.8 Å². The molecule has 4 aliphatic carbocycles. The van der Waals surface area contributed by atoms with E-state index < -0.39 is 11.3 Å². The number of hydrogen-bond acceptors (Lipinski definition) is 4. The Morgan fingerprint density at radius 1 is 0.969 bits per heavy atom. The predicted molar refractivity (Wildman–Crippen MR) is 125 cm³/mol. The number of allylic oxidation sites excluding steroid dienone is 2. The van der Waals surface area contributed by atoms with Crippen LogP contribution >= 0.6 is 0 Å². The van der Waals surface area contributed by atoms with E-state index in [1.807, 2.05) is 6.08 Å². The van der Waals surface area contributed by atoms with E-state index in [4.69, 9.17) is 4.74 Å². The van der Waals surface area contributed by atoms with Crippen LogP contribution in [0.2, 0.25) is 0 Å². The highest BCUT2D eigenvalue weighted by molar-refractivity contribution is 5.97. The molecule has 4 heteroatoms. The van der Waals surface area contributed by atoms with Gasteiger partial charge in [0.25, 0.3) is 0 Å². The number of ether oxygens (including phenoxy) is 1.